The van der Waals surface area contributed by atoms with Crippen LogP contribution in [0, 0.1) is 0 Å². The Labute approximate surface area is 91.6 Å². The van der Waals surface area contributed by atoms with Crippen LogP contribution in [0.1, 0.15) is 19.3 Å². The quantitative estimate of drug-likeness (QED) is 0.638. The average molecular weight is 242 g/mol. The van der Waals surface area contributed by atoms with E-state index in [0.29, 0.717) is 0 Å². The molecule has 0 radical (unpaired) electrons. The van der Waals surface area contributed by atoms with Crippen LogP contribution in [0.15, 0.2) is 12.2 Å². The lowest BCUT2D eigenvalue weighted by Gasteiger charge is -1.97. The molecule has 0 saturated carbocycles. The summed E-state index contributed by atoms with van der Waals surface area (Å²) in [5.41, 5.74) is 0. The fourth-order valence-electron chi connectivity index (χ4n) is 0.692. The molecule has 0 aromatic rings. The minimum Gasteiger partial charge on any atom is -0.295 e. The van der Waals surface area contributed by atoms with Crippen LogP contribution in [-0.4, -0.2) is 5.78 Å². The topological polar surface area (TPSA) is 17.1 Å². The molecule has 70 valence electrons. The molecular formula is C6H12Cl4O. The van der Waals surface area contributed by atoms with Gasteiger partial charge in [-0.15, -0.1) is 49.6 Å². The van der Waals surface area contributed by atoms with Crippen molar-refractivity contribution in [3.63, 3.8) is 0 Å². The minimum atomic E-state index is 0. The van der Waals surface area contributed by atoms with Crippen LogP contribution in [0.5, 0.6) is 0 Å². The third-order valence-corrected chi connectivity index (χ3v) is 1.10. The zero-order chi connectivity index (χ0) is 5.11. The van der Waals surface area contributed by atoms with E-state index in [1.165, 1.54) is 0 Å². The Morgan fingerprint density at radius 3 is 1.82 bits per heavy atom. The summed E-state index contributed by atoms with van der Waals surface area (Å²) in [4.78, 5) is 10.4. The van der Waals surface area contributed by atoms with Crippen LogP contribution in [0.2, 0.25) is 0 Å². The second-order valence-electron chi connectivity index (χ2n) is 1.76. The number of carbonyl (C=O) groups is 1. The van der Waals surface area contributed by atoms with Crippen LogP contribution in [0.25, 0.3) is 0 Å². The van der Waals surface area contributed by atoms with Crippen molar-refractivity contribution in [2.45, 2.75) is 19.3 Å². The van der Waals surface area contributed by atoms with E-state index in [4.69, 9.17) is 0 Å². The molecule has 0 amide bonds. The molecule has 0 fully saturated rings. The summed E-state index contributed by atoms with van der Waals surface area (Å²) < 4.78 is 0. The third-order valence-electron chi connectivity index (χ3n) is 1.10. The Bertz CT molecular complexity index is 113. The molecule has 0 heterocycles. The highest BCUT2D eigenvalue weighted by atomic mass is 35.5. The zero-order valence-corrected chi connectivity index (χ0v) is 9.08. The predicted molar refractivity (Wildman–Crippen MR) is 57.0 cm³/mol. The van der Waals surface area contributed by atoms with Crippen LogP contribution < -0.4 is 0 Å². The summed E-state index contributed by atoms with van der Waals surface area (Å²) in [7, 11) is 0. The van der Waals surface area contributed by atoms with Crippen molar-refractivity contribution in [2.75, 3.05) is 0 Å². The number of carbonyl (C=O) groups excluding carboxylic acids is 1. The molecule has 0 N–H and O–H groups in total. The van der Waals surface area contributed by atoms with Gasteiger partial charge in [-0.3, -0.25) is 4.79 Å². The van der Waals surface area contributed by atoms with Crippen molar-refractivity contribution in [1.82, 2.24) is 0 Å². The summed E-state index contributed by atoms with van der Waals surface area (Å²) in [6.07, 6.45) is 6.51. The molecule has 5 heteroatoms. The van der Waals surface area contributed by atoms with E-state index in [2.05, 4.69) is 0 Å². The van der Waals surface area contributed by atoms with E-state index in [-0.39, 0.29) is 55.4 Å². The van der Waals surface area contributed by atoms with Crippen LogP contribution in [0.4, 0.5) is 0 Å². The largest absolute Gasteiger partial charge is 0.295 e. The fourth-order valence-corrected chi connectivity index (χ4v) is 0.692. The monoisotopic (exact) mass is 240 g/mol. The van der Waals surface area contributed by atoms with Gasteiger partial charge in [0.25, 0.3) is 0 Å². The summed E-state index contributed by atoms with van der Waals surface area (Å²) in [6, 6.07) is 0. The highest BCUT2D eigenvalue weighted by Crippen LogP contribution is 2.04. The third kappa shape index (κ3) is 10.6. The Morgan fingerprint density at radius 1 is 1.09 bits per heavy atom. The first kappa shape index (κ1) is 22.6. The van der Waals surface area contributed by atoms with E-state index in [9.17, 15) is 4.79 Å². The molecule has 0 aromatic heterocycles. The number of hydrogen-bond acceptors (Lipinski definition) is 1. The van der Waals surface area contributed by atoms with Crippen molar-refractivity contribution in [2.24, 2.45) is 0 Å². The minimum absolute atomic E-state index is 0. The van der Waals surface area contributed by atoms with Gasteiger partial charge in [0.15, 0.2) is 5.78 Å². The van der Waals surface area contributed by atoms with Gasteiger partial charge in [-0.25, -0.2) is 0 Å². The first-order valence-corrected chi connectivity index (χ1v) is 2.59. The van der Waals surface area contributed by atoms with Crippen LogP contribution in [-0.2, 0) is 4.79 Å². The smallest absolute Gasteiger partial charge is 0.155 e. The zero-order valence-electron chi connectivity index (χ0n) is 5.82. The molecule has 1 aliphatic carbocycles. The van der Waals surface area contributed by atoms with Gasteiger partial charge in [0.2, 0.25) is 0 Å². The summed E-state index contributed by atoms with van der Waals surface area (Å²) in [5.74, 6) is 0.284. The molecule has 0 bridgehead atoms. The number of hydrogen-bond donors (Lipinski definition) is 0. The Balaban J connectivity index is -0.0000000612. The van der Waals surface area contributed by atoms with Crippen molar-refractivity contribution in [1.29, 1.82) is 0 Å². The van der Waals surface area contributed by atoms with Crippen molar-refractivity contribution in [3.8, 4) is 0 Å². The summed E-state index contributed by atoms with van der Waals surface area (Å²) >= 11 is 0. The van der Waals surface area contributed by atoms with Gasteiger partial charge in [-0.05, 0) is 18.9 Å². The summed E-state index contributed by atoms with van der Waals surface area (Å²) in [6.45, 7) is 0. The van der Waals surface area contributed by atoms with E-state index < -0.39 is 0 Å². The Morgan fingerprint density at radius 2 is 1.64 bits per heavy atom. The van der Waals surface area contributed by atoms with E-state index in [1.807, 2.05) is 6.08 Å². The lowest BCUT2D eigenvalue weighted by atomic mass is 10.1. The molecule has 0 unspecified atom stereocenters. The second-order valence-corrected chi connectivity index (χ2v) is 1.76. The molecule has 1 nitrogen and oxygen atoms in total. The number of halogens is 4. The van der Waals surface area contributed by atoms with Gasteiger partial charge in [0.05, 0.1) is 0 Å². The van der Waals surface area contributed by atoms with Gasteiger partial charge < -0.3 is 0 Å². The van der Waals surface area contributed by atoms with Crippen molar-refractivity contribution < 1.29 is 4.79 Å². The molecular weight excluding hydrogens is 230 g/mol. The van der Waals surface area contributed by atoms with Gasteiger partial charge >= 0.3 is 0 Å². The van der Waals surface area contributed by atoms with Gasteiger partial charge in [0, 0.05) is 6.42 Å². The molecule has 0 aromatic carbocycles. The fraction of sp³-hybridized carbons (Fsp3) is 0.500. The maximum absolute atomic E-state index is 10.4. The maximum Gasteiger partial charge on any atom is 0.155 e. The van der Waals surface area contributed by atoms with Crippen molar-refractivity contribution >= 4 is 55.4 Å². The second kappa shape index (κ2) is 13.2. The number of ketones is 1. The lowest BCUT2D eigenvalue weighted by Crippen LogP contribution is -1.95. The van der Waals surface area contributed by atoms with Gasteiger partial charge in [0.1, 0.15) is 0 Å². The lowest BCUT2D eigenvalue weighted by molar-refractivity contribution is -0.114. The van der Waals surface area contributed by atoms with Crippen LogP contribution in [0.3, 0.4) is 0 Å². The first-order chi connectivity index (χ1) is 3.39. The molecule has 0 saturated heterocycles. The van der Waals surface area contributed by atoms with E-state index in [1.54, 1.807) is 6.08 Å². The predicted octanol–water partition coefficient (Wildman–Crippen LogP) is 2.98. The average Bonchev–Trinajstić information content (AvgIpc) is 1.69. The highest BCUT2D eigenvalue weighted by Gasteiger charge is 1.98. The molecule has 1 aliphatic rings. The van der Waals surface area contributed by atoms with Gasteiger partial charge in [-0.2, -0.15) is 0 Å². The van der Waals surface area contributed by atoms with Crippen molar-refractivity contribution in [3.05, 3.63) is 12.2 Å². The SMILES string of the molecule is Cl.Cl.Cl.Cl.O=C1C=CCCC1. The van der Waals surface area contributed by atoms with Crippen LogP contribution >= 0.6 is 49.6 Å². The Kier molecular flexibility index (Phi) is 27.0. The normalized spacial score (nSPS) is 12.9. The molecule has 11 heavy (non-hydrogen) atoms. The molecule has 0 spiro atoms. The number of rotatable bonds is 0. The number of allylic oxidation sites excluding steroid dienone is 2. The maximum atomic E-state index is 10.4. The Hall–Kier alpha value is 0.570. The van der Waals surface area contributed by atoms with E-state index in [0.717, 1.165) is 19.3 Å². The highest BCUT2D eigenvalue weighted by molar-refractivity contribution is 5.90. The molecule has 1 rings (SSSR count). The molecule has 0 atom stereocenters. The summed E-state index contributed by atoms with van der Waals surface area (Å²) in [5, 5.41) is 0. The van der Waals surface area contributed by atoms with E-state index >= 15 is 0 Å². The standard InChI is InChI=1S/C6H8O.4ClH/c7-6-4-2-1-3-5-6;;;;/h2,4H,1,3,5H2;4*1H. The molecule has 0 aliphatic heterocycles. The first-order valence-electron chi connectivity index (χ1n) is 2.59. The van der Waals surface area contributed by atoms with Gasteiger partial charge in [-0.1, -0.05) is 6.08 Å².